The molecule has 1 aromatic carbocycles. The summed E-state index contributed by atoms with van der Waals surface area (Å²) in [5.41, 5.74) is 14.9. The summed E-state index contributed by atoms with van der Waals surface area (Å²) in [6, 6.07) is 8.16. The molecule has 2 heterocycles. The smallest absolute Gasteiger partial charge is 0.220 e. The van der Waals surface area contributed by atoms with Crippen LogP contribution in [0.2, 0.25) is 0 Å². The van der Waals surface area contributed by atoms with Crippen LogP contribution in [0.5, 0.6) is 0 Å². The molecule has 0 amide bonds. The van der Waals surface area contributed by atoms with E-state index in [1.807, 2.05) is 53.2 Å². The number of hydrogen-bond acceptors (Lipinski definition) is 6. The standard InChI is InChI=1S/C18H23N7/c1-13-11-21-24(12-13)14-5-7-15(8-6-14)25-17(20)22-16(19)23-18(25)9-3-2-4-10-18/h5-8,11-12H,2-4,9-10H2,1H3,(H4,19,20,22,23). The maximum atomic E-state index is 6.26. The molecular formula is C18H23N7. The van der Waals surface area contributed by atoms with Gasteiger partial charge in [-0.1, -0.05) is 6.42 Å². The molecule has 7 nitrogen and oxygen atoms in total. The van der Waals surface area contributed by atoms with E-state index in [1.165, 1.54) is 6.42 Å². The molecule has 0 saturated heterocycles. The Morgan fingerprint density at radius 2 is 1.68 bits per heavy atom. The quantitative estimate of drug-likeness (QED) is 0.878. The van der Waals surface area contributed by atoms with Gasteiger partial charge in [-0.25, -0.2) is 9.67 Å². The van der Waals surface area contributed by atoms with Crippen molar-refractivity contribution < 1.29 is 0 Å². The van der Waals surface area contributed by atoms with E-state index in [-0.39, 0.29) is 5.96 Å². The van der Waals surface area contributed by atoms with E-state index in [9.17, 15) is 0 Å². The van der Waals surface area contributed by atoms with Crippen LogP contribution >= 0.6 is 0 Å². The lowest BCUT2D eigenvalue weighted by atomic mass is 9.87. The third kappa shape index (κ3) is 2.75. The van der Waals surface area contributed by atoms with Gasteiger partial charge in [-0.3, -0.25) is 4.90 Å². The highest BCUT2D eigenvalue weighted by atomic mass is 15.4. The first-order valence-corrected chi connectivity index (χ1v) is 8.69. The van der Waals surface area contributed by atoms with Crippen LogP contribution in [0.25, 0.3) is 5.69 Å². The monoisotopic (exact) mass is 337 g/mol. The number of aryl methyl sites for hydroxylation is 1. The highest BCUT2D eigenvalue weighted by Gasteiger charge is 2.42. The largest absolute Gasteiger partial charge is 0.369 e. The lowest BCUT2D eigenvalue weighted by Gasteiger charge is -2.45. The first kappa shape index (κ1) is 15.7. The zero-order valence-electron chi connectivity index (χ0n) is 14.4. The van der Waals surface area contributed by atoms with Crippen LogP contribution in [-0.2, 0) is 0 Å². The second-order valence-electron chi connectivity index (χ2n) is 6.80. The molecule has 1 aliphatic carbocycles. The number of anilines is 1. The van der Waals surface area contributed by atoms with Gasteiger partial charge in [0.1, 0.15) is 5.66 Å². The first-order valence-electron chi connectivity index (χ1n) is 8.69. The SMILES string of the molecule is Cc1cnn(-c2ccc(N3C(N)=NC(N)=NC34CCCCC4)cc2)c1. The minimum absolute atomic E-state index is 0.277. The third-order valence-corrected chi connectivity index (χ3v) is 4.94. The topological polar surface area (TPSA) is 97.8 Å². The molecule has 1 saturated carbocycles. The summed E-state index contributed by atoms with van der Waals surface area (Å²) in [5, 5.41) is 4.35. The summed E-state index contributed by atoms with van der Waals surface area (Å²) in [5.74, 6) is 0.691. The number of benzene rings is 1. The second-order valence-corrected chi connectivity index (χ2v) is 6.80. The lowest BCUT2D eigenvalue weighted by molar-refractivity contribution is 0.305. The normalized spacial score (nSPS) is 19.6. The number of hydrogen-bond donors (Lipinski definition) is 2. The fourth-order valence-electron chi connectivity index (χ4n) is 3.80. The summed E-state index contributed by atoms with van der Waals surface area (Å²) >= 11 is 0. The Balaban J connectivity index is 1.70. The molecule has 0 bridgehead atoms. The van der Waals surface area contributed by atoms with Crippen LogP contribution in [0.4, 0.5) is 5.69 Å². The van der Waals surface area contributed by atoms with E-state index in [2.05, 4.69) is 10.1 Å². The fraction of sp³-hybridized carbons (Fsp3) is 0.389. The Morgan fingerprint density at radius 1 is 1.00 bits per heavy atom. The van der Waals surface area contributed by atoms with Crippen LogP contribution in [0, 0.1) is 6.92 Å². The highest BCUT2D eigenvalue weighted by molar-refractivity contribution is 6.05. The molecule has 1 spiro atoms. The first-order chi connectivity index (χ1) is 12.1. The van der Waals surface area contributed by atoms with Gasteiger partial charge in [0.15, 0.2) is 0 Å². The maximum Gasteiger partial charge on any atom is 0.220 e. The van der Waals surface area contributed by atoms with Crippen LogP contribution in [0.15, 0.2) is 46.6 Å². The van der Waals surface area contributed by atoms with Gasteiger partial charge in [0.2, 0.25) is 11.9 Å². The fourth-order valence-corrected chi connectivity index (χ4v) is 3.80. The van der Waals surface area contributed by atoms with Gasteiger partial charge in [0.05, 0.1) is 11.9 Å². The number of guanidine groups is 2. The van der Waals surface area contributed by atoms with Gasteiger partial charge in [-0.2, -0.15) is 10.1 Å². The highest BCUT2D eigenvalue weighted by Crippen LogP contribution is 2.39. The second kappa shape index (κ2) is 5.91. The van der Waals surface area contributed by atoms with Gasteiger partial charge in [-0.15, -0.1) is 0 Å². The summed E-state index contributed by atoms with van der Waals surface area (Å²) in [7, 11) is 0. The molecule has 0 radical (unpaired) electrons. The van der Waals surface area contributed by atoms with Gasteiger partial charge in [0.25, 0.3) is 0 Å². The zero-order valence-corrected chi connectivity index (χ0v) is 14.4. The van der Waals surface area contributed by atoms with E-state index in [1.54, 1.807) is 0 Å². The lowest BCUT2D eigenvalue weighted by Crippen LogP contribution is -2.58. The van der Waals surface area contributed by atoms with Crippen molar-refractivity contribution in [1.82, 2.24) is 9.78 Å². The van der Waals surface area contributed by atoms with Crippen molar-refractivity contribution in [3.8, 4) is 5.69 Å². The summed E-state index contributed by atoms with van der Waals surface area (Å²) in [4.78, 5) is 10.9. The van der Waals surface area contributed by atoms with E-state index >= 15 is 0 Å². The van der Waals surface area contributed by atoms with Gasteiger partial charge < -0.3 is 11.5 Å². The molecule has 0 atom stereocenters. The number of nitrogens with two attached hydrogens (primary N) is 2. The Labute approximate surface area is 147 Å². The third-order valence-electron chi connectivity index (χ3n) is 4.94. The molecule has 25 heavy (non-hydrogen) atoms. The Kier molecular flexibility index (Phi) is 3.71. The van der Waals surface area contributed by atoms with Gasteiger partial charge in [0, 0.05) is 11.9 Å². The van der Waals surface area contributed by atoms with Crippen molar-refractivity contribution in [2.24, 2.45) is 21.5 Å². The molecule has 2 aliphatic rings. The molecule has 130 valence electrons. The van der Waals surface area contributed by atoms with E-state index in [0.29, 0.717) is 5.96 Å². The number of aliphatic imine (C=N–C) groups is 2. The average molecular weight is 337 g/mol. The number of nitrogens with zero attached hydrogens (tertiary/aromatic N) is 5. The summed E-state index contributed by atoms with van der Waals surface area (Å²) in [6.07, 6.45) is 9.17. The molecule has 0 unspecified atom stereocenters. The Morgan fingerprint density at radius 3 is 2.32 bits per heavy atom. The van der Waals surface area contributed by atoms with Crippen LogP contribution in [0.3, 0.4) is 0 Å². The van der Waals surface area contributed by atoms with Crippen LogP contribution < -0.4 is 16.4 Å². The van der Waals surface area contributed by atoms with Crippen LogP contribution in [-0.4, -0.2) is 27.4 Å². The predicted octanol–water partition coefficient (Wildman–Crippen LogP) is 2.29. The molecule has 1 aromatic heterocycles. The van der Waals surface area contributed by atoms with Crippen molar-refractivity contribution in [1.29, 1.82) is 0 Å². The van der Waals surface area contributed by atoms with Crippen molar-refractivity contribution in [3.63, 3.8) is 0 Å². The molecule has 4 rings (SSSR count). The summed E-state index contributed by atoms with van der Waals surface area (Å²) in [6.45, 7) is 2.03. The molecule has 2 aromatic rings. The minimum Gasteiger partial charge on any atom is -0.369 e. The van der Waals surface area contributed by atoms with Crippen molar-refractivity contribution >= 4 is 17.6 Å². The Bertz CT molecular complexity index is 825. The van der Waals surface area contributed by atoms with Crippen LogP contribution in [0.1, 0.15) is 37.7 Å². The minimum atomic E-state index is -0.405. The van der Waals surface area contributed by atoms with E-state index in [0.717, 1.165) is 42.6 Å². The Hall–Kier alpha value is -2.83. The number of rotatable bonds is 2. The molecule has 1 fully saturated rings. The molecular weight excluding hydrogens is 314 g/mol. The predicted molar refractivity (Wildman–Crippen MR) is 99.8 cm³/mol. The maximum absolute atomic E-state index is 6.26. The zero-order chi connectivity index (χ0) is 17.4. The van der Waals surface area contributed by atoms with Gasteiger partial charge >= 0.3 is 0 Å². The molecule has 7 heteroatoms. The van der Waals surface area contributed by atoms with Crippen molar-refractivity contribution in [2.45, 2.75) is 44.7 Å². The van der Waals surface area contributed by atoms with Crippen molar-refractivity contribution in [3.05, 3.63) is 42.2 Å². The van der Waals surface area contributed by atoms with Gasteiger partial charge in [-0.05, 0) is 62.4 Å². The van der Waals surface area contributed by atoms with Crippen molar-refractivity contribution in [2.75, 3.05) is 4.90 Å². The summed E-state index contributed by atoms with van der Waals surface area (Å²) < 4.78 is 1.86. The van der Waals surface area contributed by atoms with E-state index in [4.69, 9.17) is 16.5 Å². The van der Waals surface area contributed by atoms with E-state index < -0.39 is 5.66 Å². The average Bonchev–Trinajstić information content (AvgIpc) is 3.02. The molecule has 4 N–H and O–H groups in total. The number of aromatic nitrogens is 2. The molecule has 1 aliphatic heterocycles.